The standard InChI is InChI=1S/C11H22O3/c1-4-5-11(13-8-9-14-11)10(2,3)6-7-12/h12H,4-9H2,1-3H3. The number of ether oxygens (including phenoxy) is 2. The van der Waals surface area contributed by atoms with Gasteiger partial charge in [-0.2, -0.15) is 0 Å². The van der Waals surface area contributed by atoms with Crippen molar-refractivity contribution in [1.82, 2.24) is 0 Å². The first-order chi connectivity index (χ1) is 6.58. The molecule has 84 valence electrons. The highest BCUT2D eigenvalue weighted by Crippen LogP contribution is 2.43. The summed E-state index contributed by atoms with van der Waals surface area (Å²) >= 11 is 0. The minimum absolute atomic E-state index is 0.117. The van der Waals surface area contributed by atoms with Crippen molar-refractivity contribution in [2.75, 3.05) is 19.8 Å². The molecular weight excluding hydrogens is 180 g/mol. The van der Waals surface area contributed by atoms with Crippen molar-refractivity contribution < 1.29 is 14.6 Å². The molecule has 1 N–H and O–H groups in total. The van der Waals surface area contributed by atoms with E-state index in [-0.39, 0.29) is 12.0 Å². The van der Waals surface area contributed by atoms with Crippen LogP contribution in [0.5, 0.6) is 0 Å². The first-order valence-electron chi connectivity index (χ1n) is 5.47. The molecule has 3 heteroatoms. The largest absolute Gasteiger partial charge is 0.396 e. The van der Waals surface area contributed by atoms with Crippen LogP contribution < -0.4 is 0 Å². The van der Waals surface area contributed by atoms with E-state index < -0.39 is 5.79 Å². The SMILES string of the molecule is CCCC1(C(C)(C)CCO)OCCO1. The van der Waals surface area contributed by atoms with E-state index in [4.69, 9.17) is 14.6 Å². The molecule has 1 aliphatic rings. The molecule has 0 aromatic rings. The molecule has 0 amide bonds. The van der Waals surface area contributed by atoms with E-state index in [0.29, 0.717) is 19.6 Å². The summed E-state index contributed by atoms with van der Waals surface area (Å²) in [6.07, 6.45) is 2.65. The lowest BCUT2D eigenvalue weighted by molar-refractivity contribution is -0.235. The maximum absolute atomic E-state index is 9.03. The van der Waals surface area contributed by atoms with Crippen molar-refractivity contribution in [3.63, 3.8) is 0 Å². The Morgan fingerprint density at radius 2 is 1.86 bits per heavy atom. The topological polar surface area (TPSA) is 38.7 Å². The van der Waals surface area contributed by atoms with Gasteiger partial charge in [-0.05, 0) is 6.42 Å². The van der Waals surface area contributed by atoms with Crippen molar-refractivity contribution in [1.29, 1.82) is 0 Å². The van der Waals surface area contributed by atoms with Crippen LogP contribution >= 0.6 is 0 Å². The summed E-state index contributed by atoms with van der Waals surface area (Å²) < 4.78 is 11.5. The van der Waals surface area contributed by atoms with Crippen LogP contribution in [0, 0.1) is 5.41 Å². The zero-order valence-corrected chi connectivity index (χ0v) is 9.51. The molecule has 1 rings (SSSR count). The van der Waals surface area contributed by atoms with E-state index in [1.807, 2.05) is 0 Å². The molecule has 14 heavy (non-hydrogen) atoms. The Bertz CT molecular complexity index is 171. The number of rotatable bonds is 5. The summed E-state index contributed by atoms with van der Waals surface area (Å²) in [7, 11) is 0. The first kappa shape index (κ1) is 12.0. The van der Waals surface area contributed by atoms with Crippen molar-refractivity contribution in [2.24, 2.45) is 5.41 Å². The molecular formula is C11H22O3. The van der Waals surface area contributed by atoms with Gasteiger partial charge >= 0.3 is 0 Å². The number of hydrogen-bond acceptors (Lipinski definition) is 3. The van der Waals surface area contributed by atoms with E-state index in [2.05, 4.69) is 20.8 Å². The third-order valence-corrected chi connectivity index (χ3v) is 3.10. The van der Waals surface area contributed by atoms with Gasteiger partial charge in [0.2, 0.25) is 0 Å². The van der Waals surface area contributed by atoms with E-state index in [9.17, 15) is 0 Å². The van der Waals surface area contributed by atoms with Gasteiger partial charge in [0.25, 0.3) is 0 Å². The highest BCUT2D eigenvalue weighted by atomic mass is 16.7. The van der Waals surface area contributed by atoms with Crippen molar-refractivity contribution in [3.05, 3.63) is 0 Å². The molecule has 0 radical (unpaired) electrons. The molecule has 0 aliphatic carbocycles. The number of aliphatic hydroxyl groups excluding tert-OH is 1. The van der Waals surface area contributed by atoms with Gasteiger partial charge in [0.1, 0.15) is 0 Å². The van der Waals surface area contributed by atoms with Crippen LogP contribution in [0.25, 0.3) is 0 Å². The Hall–Kier alpha value is -0.120. The summed E-state index contributed by atoms with van der Waals surface area (Å²) in [6, 6.07) is 0. The Morgan fingerprint density at radius 3 is 2.29 bits per heavy atom. The number of aliphatic hydroxyl groups is 1. The Kier molecular flexibility index (Phi) is 3.93. The molecule has 0 spiro atoms. The van der Waals surface area contributed by atoms with Gasteiger partial charge in [0.05, 0.1) is 13.2 Å². The quantitative estimate of drug-likeness (QED) is 0.740. The second-order valence-corrected chi connectivity index (χ2v) is 4.56. The van der Waals surface area contributed by atoms with Gasteiger partial charge in [0, 0.05) is 18.4 Å². The lowest BCUT2D eigenvalue weighted by Crippen LogP contribution is -2.46. The van der Waals surface area contributed by atoms with Crippen LogP contribution in [-0.4, -0.2) is 30.7 Å². The average Bonchev–Trinajstić information content (AvgIpc) is 2.55. The van der Waals surface area contributed by atoms with Crippen molar-refractivity contribution >= 4 is 0 Å². The van der Waals surface area contributed by atoms with Crippen molar-refractivity contribution in [2.45, 2.75) is 45.8 Å². The molecule has 0 aromatic heterocycles. The summed E-state index contributed by atoms with van der Waals surface area (Å²) in [6.45, 7) is 7.87. The first-order valence-corrected chi connectivity index (χ1v) is 5.47. The maximum Gasteiger partial charge on any atom is 0.173 e. The van der Waals surface area contributed by atoms with Crippen LogP contribution in [-0.2, 0) is 9.47 Å². The van der Waals surface area contributed by atoms with Gasteiger partial charge in [-0.25, -0.2) is 0 Å². The van der Waals surface area contributed by atoms with Crippen LogP contribution in [0.3, 0.4) is 0 Å². The third-order valence-electron chi connectivity index (χ3n) is 3.10. The molecule has 1 saturated heterocycles. The summed E-state index contributed by atoms with van der Waals surface area (Å²) in [5.41, 5.74) is -0.117. The monoisotopic (exact) mass is 202 g/mol. The molecule has 0 saturated carbocycles. The smallest absolute Gasteiger partial charge is 0.173 e. The molecule has 1 aliphatic heterocycles. The van der Waals surface area contributed by atoms with E-state index in [1.54, 1.807) is 0 Å². The van der Waals surface area contributed by atoms with Gasteiger partial charge in [0.15, 0.2) is 5.79 Å². The fourth-order valence-corrected chi connectivity index (χ4v) is 2.13. The fourth-order valence-electron chi connectivity index (χ4n) is 2.13. The van der Waals surface area contributed by atoms with Gasteiger partial charge in [-0.15, -0.1) is 0 Å². The minimum Gasteiger partial charge on any atom is -0.396 e. The second kappa shape index (κ2) is 4.60. The Morgan fingerprint density at radius 1 is 1.29 bits per heavy atom. The predicted molar refractivity (Wildman–Crippen MR) is 55.0 cm³/mol. The van der Waals surface area contributed by atoms with Crippen LogP contribution in [0.15, 0.2) is 0 Å². The van der Waals surface area contributed by atoms with Gasteiger partial charge < -0.3 is 14.6 Å². The molecule has 0 aromatic carbocycles. The molecule has 0 atom stereocenters. The van der Waals surface area contributed by atoms with Gasteiger partial charge in [-0.3, -0.25) is 0 Å². The normalized spacial score (nSPS) is 21.4. The predicted octanol–water partition coefficient (Wildman–Crippen LogP) is 1.94. The average molecular weight is 202 g/mol. The fraction of sp³-hybridized carbons (Fsp3) is 1.00. The summed E-state index contributed by atoms with van der Waals surface area (Å²) in [5.74, 6) is -0.468. The molecule has 1 fully saturated rings. The maximum atomic E-state index is 9.03. The van der Waals surface area contributed by atoms with Crippen LogP contribution in [0.2, 0.25) is 0 Å². The zero-order valence-electron chi connectivity index (χ0n) is 9.51. The van der Waals surface area contributed by atoms with Crippen molar-refractivity contribution in [3.8, 4) is 0 Å². The van der Waals surface area contributed by atoms with Gasteiger partial charge in [-0.1, -0.05) is 27.2 Å². The summed E-state index contributed by atoms with van der Waals surface area (Å²) in [4.78, 5) is 0. The van der Waals surface area contributed by atoms with E-state index in [1.165, 1.54) is 0 Å². The zero-order chi connectivity index (χ0) is 10.7. The second-order valence-electron chi connectivity index (χ2n) is 4.56. The van der Waals surface area contributed by atoms with Crippen LogP contribution in [0.1, 0.15) is 40.0 Å². The Balaban J connectivity index is 2.74. The molecule has 0 bridgehead atoms. The lowest BCUT2D eigenvalue weighted by atomic mass is 9.78. The highest BCUT2D eigenvalue weighted by molar-refractivity contribution is 4.89. The van der Waals surface area contributed by atoms with E-state index in [0.717, 1.165) is 12.8 Å². The highest BCUT2D eigenvalue weighted by Gasteiger charge is 2.48. The molecule has 1 heterocycles. The molecule has 0 unspecified atom stereocenters. The Labute approximate surface area is 86.4 Å². The van der Waals surface area contributed by atoms with E-state index >= 15 is 0 Å². The molecule has 3 nitrogen and oxygen atoms in total. The number of hydrogen-bond donors (Lipinski definition) is 1. The lowest BCUT2D eigenvalue weighted by Gasteiger charge is -2.42. The minimum atomic E-state index is -0.468. The third kappa shape index (κ3) is 2.10. The van der Waals surface area contributed by atoms with Crippen LogP contribution in [0.4, 0.5) is 0 Å². The summed E-state index contributed by atoms with van der Waals surface area (Å²) in [5, 5.41) is 9.03.